The van der Waals surface area contributed by atoms with E-state index in [1.165, 1.54) is 29.2 Å². The van der Waals surface area contributed by atoms with Crippen molar-refractivity contribution in [3.05, 3.63) is 142 Å². The van der Waals surface area contributed by atoms with E-state index in [4.69, 9.17) is 11.6 Å². The molecule has 0 radical (unpaired) electrons. The molecule has 218 valence electrons. The number of hydrogen-bond acceptors (Lipinski definition) is 4. The normalized spacial score (nSPS) is 12.1. The quantitative estimate of drug-likeness (QED) is 0.236. The van der Waals surface area contributed by atoms with Gasteiger partial charge in [-0.3, -0.25) is 9.59 Å². The topological polar surface area (TPSA) is 86.8 Å². The van der Waals surface area contributed by atoms with Crippen LogP contribution in [0.3, 0.4) is 0 Å². The number of carbonyl (C=O) groups excluding carboxylic acids is 2. The molecule has 1 atom stereocenters. The van der Waals surface area contributed by atoms with Crippen molar-refractivity contribution in [2.24, 2.45) is 0 Å². The lowest BCUT2D eigenvalue weighted by Gasteiger charge is -2.33. The molecule has 0 saturated carbocycles. The summed E-state index contributed by atoms with van der Waals surface area (Å²) in [5, 5.41) is 3.37. The van der Waals surface area contributed by atoms with Gasteiger partial charge in [0.1, 0.15) is 11.9 Å². The molecule has 0 aliphatic heterocycles. The summed E-state index contributed by atoms with van der Waals surface area (Å²) in [6, 6.07) is 29.2. The maximum absolute atomic E-state index is 14.1. The van der Waals surface area contributed by atoms with E-state index in [0.717, 1.165) is 10.6 Å². The van der Waals surface area contributed by atoms with Gasteiger partial charge in [0.15, 0.2) is 0 Å². The fourth-order valence-corrected chi connectivity index (χ4v) is 5.39. The Kier molecular flexibility index (Phi) is 10.5. The standard InChI is InChI=1S/C32H31ClFN3O4S/c1-42(40,41)36(21-24-10-4-2-5-11-24)23-30(38)37(22-25-16-18-28(34)19-17-25)31(26-12-6-3-7-13-26)32(39)35-20-27-14-8-9-15-29(27)33/h2-19,31H,20-23H2,1H3,(H,35,39)/t31-/m0/s1. The van der Waals surface area contributed by atoms with Gasteiger partial charge in [0, 0.05) is 24.7 Å². The molecule has 7 nitrogen and oxygen atoms in total. The summed E-state index contributed by atoms with van der Waals surface area (Å²) in [7, 11) is -3.81. The van der Waals surface area contributed by atoms with Crippen molar-refractivity contribution in [1.29, 1.82) is 0 Å². The van der Waals surface area contributed by atoms with Gasteiger partial charge in [-0.25, -0.2) is 12.8 Å². The minimum Gasteiger partial charge on any atom is -0.350 e. The van der Waals surface area contributed by atoms with Crippen molar-refractivity contribution in [3.8, 4) is 0 Å². The summed E-state index contributed by atoms with van der Waals surface area (Å²) in [4.78, 5) is 29.2. The molecular formula is C32H31ClFN3O4S. The number of halogens is 2. The van der Waals surface area contributed by atoms with Crippen LogP contribution < -0.4 is 5.32 Å². The van der Waals surface area contributed by atoms with Crippen LogP contribution in [0.4, 0.5) is 4.39 Å². The highest BCUT2D eigenvalue weighted by atomic mass is 35.5. The second-order valence-corrected chi connectivity index (χ2v) is 12.2. The zero-order chi connectivity index (χ0) is 30.1. The predicted molar refractivity (Wildman–Crippen MR) is 161 cm³/mol. The first-order chi connectivity index (χ1) is 20.1. The minimum absolute atomic E-state index is 0.0233. The maximum Gasteiger partial charge on any atom is 0.247 e. The molecule has 2 amide bonds. The van der Waals surface area contributed by atoms with Crippen molar-refractivity contribution in [2.75, 3.05) is 12.8 Å². The number of nitrogens with one attached hydrogen (secondary N) is 1. The highest BCUT2D eigenvalue weighted by Gasteiger charge is 2.33. The minimum atomic E-state index is -3.81. The van der Waals surface area contributed by atoms with Crippen molar-refractivity contribution in [2.45, 2.75) is 25.7 Å². The van der Waals surface area contributed by atoms with E-state index in [0.29, 0.717) is 27.3 Å². The van der Waals surface area contributed by atoms with Crippen molar-refractivity contribution in [1.82, 2.24) is 14.5 Å². The van der Waals surface area contributed by atoms with Crippen molar-refractivity contribution < 1.29 is 22.4 Å². The molecular weight excluding hydrogens is 577 g/mol. The SMILES string of the molecule is CS(=O)(=O)N(CC(=O)N(Cc1ccc(F)cc1)[C@H](C(=O)NCc1ccccc1Cl)c1ccccc1)Cc1ccccc1. The van der Waals surface area contributed by atoms with Crippen LogP contribution in [0.5, 0.6) is 0 Å². The van der Waals surface area contributed by atoms with Gasteiger partial charge < -0.3 is 10.2 Å². The molecule has 0 aliphatic carbocycles. The van der Waals surface area contributed by atoms with Gasteiger partial charge in [-0.05, 0) is 40.5 Å². The Morgan fingerprint density at radius 3 is 2.00 bits per heavy atom. The Morgan fingerprint density at radius 2 is 1.38 bits per heavy atom. The Balaban J connectivity index is 1.70. The molecule has 4 rings (SSSR count). The summed E-state index contributed by atoms with van der Waals surface area (Å²) in [6.07, 6.45) is 1.04. The molecule has 4 aromatic carbocycles. The zero-order valence-electron chi connectivity index (χ0n) is 23.0. The second kappa shape index (κ2) is 14.2. The molecule has 1 N–H and O–H groups in total. The molecule has 0 aliphatic rings. The van der Waals surface area contributed by atoms with E-state index >= 15 is 0 Å². The predicted octanol–water partition coefficient (Wildman–Crippen LogP) is 5.33. The van der Waals surface area contributed by atoms with Crippen LogP contribution in [0, 0.1) is 5.82 Å². The van der Waals surface area contributed by atoms with Crippen LogP contribution in [-0.4, -0.2) is 42.2 Å². The summed E-state index contributed by atoms with van der Waals surface area (Å²) >= 11 is 6.29. The molecule has 0 unspecified atom stereocenters. The van der Waals surface area contributed by atoms with Crippen LogP contribution in [0.2, 0.25) is 5.02 Å². The Morgan fingerprint density at radius 1 is 0.810 bits per heavy atom. The molecule has 0 fully saturated rings. The first-order valence-electron chi connectivity index (χ1n) is 13.2. The molecule has 0 aromatic heterocycles. The Bertz CT molecular complexity index is 1600. The molecule has 4 aromatic rings. The monoisotopic (exact) mass is 607 g/mol. The number of nitrogens with zero attached hydrogens (tertiary/aromatic N) is 2. The van der Waals surface area contributed by atoms with Crippen LogP contribution in [0.25, 0.3) is 0 Å². The average molecular weight is 608 g/mol. The first-order valence-corrected chi connectivity index (χ1v) is 15.4. The lowest BCUT2D eigenvalue weighted by Crippen LogP contribution is -2.47. The highest BCUT2D eigenvalue weighted by molar-refractivity contribution is 7.88. The van der Waals surface area contributed by atoms with Crippen LogP contribution in [-0.2, 0) is 39.2 Å². The van der Waals surface area contributed by atoms with E-state index in [2.05, 4.69) is 5.32 Å². The fraction of sp³-hybridized carbons (Fsp3) is 0.188. The number of hydrogen-bond donors (Lipinski definition) is 1. The highest BCUT2D eigenvalue weighted by Crippen LogP contribution is 2.25. The summed E-state index contributed by atoms with van der Waals surface area (Å²) in [5.74, 6) is -1.52. The maximum atomic E-state index is 14.1. The van der Waals surface area contributed by atoms with Crippen LogP contribution in [0.15, 0.2) is 109 Å². The Labute approximate surface area is 250 Å². The van der Waals surface area contributed by atoms with E-state index in [1.807, 2.05) is 6.07 Å². The van der Waals surface area contributed by atoms with Gasteiger partial charge in [0.05, 0.1) is 12.8 Å². The lowest BCUT2D eigenvalue weighted by molar-refractivity contribution is -0.141. The van der Waals surface area contributed by atoms with E-state index in [-0.39, 0.29) is 19.6 Å². The Hall–Kier alpha value is -4.05. The third-order valence-electron chi connectivity index (χ3n) is 6.66. The van der Waals surface area contributed by atoms with E-state index in [1.54, 1.807) is 78.9 Å². The van der Waals surface area contributed by atoms with Gasteiger partial charge >= 0.3 is 0 Å². The van der Waals surface area contributed by atoms with Crippen LogP contribution >= 0.6 is 11.6 Å². The third-order valence-corrected chi connectivity index (χ3v) is 8.22. The molecule has 0 heterocycles. The van der Waals surface area contributed by atoms with Gasteiger partial charge in [-0.15, -0.1) is 0 Å². The molecule has 0 saturated heterocycles. The molecule has 42 heavy (non-hydrogen) atoms. The fourth-order valence-electron chi connectivity index (χ4n) is 4.46. The zero-order valence-corrected chi connectivity index (χ0v) is 24.6. The summed E-state index contributed by atoms with van der Waals surface area (Å²) < 4.78 is 40.3. The van der Waals surface area contributed by atoms with Gasteiger partial charge in [0.25, 0.3) is 0 Å². The molecule has 10 heteroatoms. The first kappa shape index (κ1) is 30.9. The second-order valence-electron chi connectivity index (χ2n) is 9.79. The van der Waals surface area contributed by atoms with Crippen LogP contribution in [0.1, 0.15) is 28.3 Å². The molecule has 0 spiro atoms. The van der Waals surface area contributed by atoms with E-state index in [9.17, 15) is 22.4 Å². The summed E-state index contributed by atoms with van der Waals surface area (Å²) in [5.41, 5.74) is 2.50. The van der Waals surface area contributed by atoms with Gasteiger partial charge in [-0.1, -0.05) is 103 Å². The average Bonchev–Trinajstić information content (AvgIpc) is 2.97. The number of sulfonamides is 1. The number of benzene rings is 4. The largest absolute Gasteiger partial charge is 0.350 e. The number of amides is 2. The lowest BCUT2D eigenvalue weighted by atomic mass is 10.0. The van der Waals surface area contributed by atoms with Gasteiger partial charge in [-0.2, -0.15) is 4.31 Å². The number of rotatable bonds is 12. The van der Waals surface area contributed by atoms with Crippen molar-refractivity contribution >= 4 is 33.4 Å². The van der Waals surface area contributed by atoms with Crippen molar-refractivity contribution in [3.63, 3.8) is 0 Å². The third kappa shape index (κ3) is 8.48. The van der Waals surface area contributed by atoms with E-state index < -0.39 is 40.2 Å². The summed E-state index contributed by atoms with van der Waals surface area (Å²) in [6.45, 7) is -0.481. The molecule has 0 bridgehead atoms. The number of carbonyl (C=O) groups is 2. The smallest absolute Gasteiger partial charge is 0.247 e. The van der Waals surface area contributed by atoms with Gasteiger partial charge in [0.2, 0.25) is 21.8 Å².